The van der Waals surface area contributed by atoms with Crippen LogP contribution < -0.4 is 5.32 Å². The van der Waals surface area contributed by atoms with Crippen molar-refractivity contribution in [3.05, 3.63) is 36.0 Å². The van der Waals surface area contributed by atoms with Gasteiger partial charge in [0.05, 0.1) is 5.03 Å². The number of alkyl halides is 3. The molecule has 11 heteroatoms. The predicted molar refractivity (Wildman–Crippen MR) is 101 cm³/mol. The van der Waals surface area contributed by atoms with Crippen molar-refractivity contribution in [2.75, 3.05) is 18.4 Å². The maximum absolute atomic E-state index is 13.1. The molecule has 29 heavy (non-hydrogen) atoms. The molecule has 3 heterocycles. The zero-order chi connectivity index (χ0) is 21.2. The van der Waals surface area contributed by atoms with Crippen LogP contribution in [-0.4, -0.2) is 44.0 Å². The van der Waals surface area contributed by atoms with Gasteiger partial charge in [0.15, 0.2) is 5.69 Å². The van der Waals surface area contributed by atoms with Gasteiger partial charge in [0.25, 0.3) is 0 Å². The summed E-state index contributed by atoms with van der Waals surface area (Å²) in [6.07, 6.45) is -1.72. The van der Waals surface area contributed by atoms with Gasteiger partial charge in [-0.2, -0.15) is 22.7 Å². The van der Waals surface area contributed by atoms with Crippen molar-refractivity contribution in [2.24, 2.45) is 13.0 Å². The van der Waals surface area contributed by atoms with Crippen LogP contribution in [0, 0.1) is 11.9 Å². The van der Waals surface area contributed by atoms with Crippen molar-refractivity contribution in [3.63, 3.8) is 0 Å². The molecule has 1 unspecified atom stereocenters. The third-order valence-corrected chi connectivity index (χ3v) is 6.28. The number of anilines is 1. The SMILES string of the molecule is CC(Sc1cc(C(F)(F)F)nn1C)C1CCN(C(=O)Nc2ccnc(F)c2)CC1. The number of hydrogen-bond donors (Lipinski definition) is 1. The average molecular weight is 431 g/mol. The number of urea groups is 1. The fourth-order valence-electron chi connectivity index (χ4n) is 3.24. The quantitative estimate of drug-likeness (QED) is 0.443. The lowest BCUT2D eigenvalue weighted by Crippen LogP contribution is -2.42. The van der Waals surface area contributed by atoms with E-state index < -0.39 is 17.8 Å². The van der Waals surface area contributed by atoms with Gasteiger partial charge < -0.3 is 10.2 Å². The first-order valence-electron chi connectivity index (χ1n) is 9.09. The fraction of sp³-hybridized carbons (Fsp3) is 0.500. The molecule has 158 valence electrons. The Morgan fingerprint density at radius 3 is 2.59 bits per heavy atom. The summed E-state index contributed by atoms with van der Waals surface area (Å²) in [5.41, 5.74) is -0.557. The summed E-state index contributed by atoms with van der Waals surface area (Å²) in [4.78, 5) is 17.4. The van der Waals surface area contributed by atoms with Crippen molar-refractivity contribution < 1.29 is 22.4 Å². The molecule has 0 radical (unpaired) electrons. The zero-order valence-electron chi connectivity index (χ0n) is 15.9. The van der Waals surface area contributed by atoms with E-state index in [0.717, 1.165) is 25.0 Å². The summed E-state index contributed by atoms with van der Waals surface area (Å²) < 4.78 is 52.8. The minimum Gasteiger partial charge on any atom is -0.325 e. The van der Waals surface area contributed by atoms with E-state index in [-0.39, 0.29) is 17.2 Å². The standard InChI is InChI=1S/C18H21F4N5OS/c1-11(29-16-10-14(18(20,21)22)25-26(16)2)12-4-7-27(8-5-12)17(28)24-13-3-6-23-15(19)9-13/h3,6,9-12H,4-5,7-8H2,1-2H3,(H,23,24,28). The molecule has 0 spiro atoms. The van der Waals surface area contributed by atoms with Gasteiger partial charge in [-0.25, -0.2) is 9.78 Å². The van der Waals surface area contributed by atoms with E-state index in [0.29, 0.717) is 23.8 Å². The number of aromatic nitrogens is 3. The van der Waals surface area contributed by atoms with Crippen LogP contribution in [0.25, 0.3) is 0 Å². The summed E-state index contributed by atoms with van der Waals surface area (Å²) in [5, 5.41) is 6.72. The van der Waals surface area contributed by atoms with Gasteiger partial charge in [0, 0.05) is 49.4 Å². The molecule has 2 amide bonds. The molecular weight excluding hydrogens is 410 g/mol. The molecule has 3 rings (SSSR count). The Hall–Kier alpha value is -2.30. The number of thioether (sulfide) groups is 1. The smallest absolute Gasteiger partial charge is 0.325 e. The second-order valence-corrected chi connectivity index (χ2v) is 8.33. The van der Waals surface area contributed by atoms with Crippen LogP contribution >= 0.6 is 11.8 Å². The van der Waals surface area contributed by atoms with Crippen LogP contribution in [0.5, 0.6) is 0 Å². The number of carbonyl (C=O) groups is 1. The highest BCUT2D eigenvalue weighted by molar-refractivity contribution is 7.99. The number of halogens is 4. The Balaban J connectivity index is 1.52. The number of amides is 2. The van der Waals surface area contributed by atoms with E-state index in [1.54, 1.807) is 4.90 Å². The van der Waals surface area contributed by atoms with Gasteiger partial charge >= 0.3 is 12.2 Å². The Bertz CT molecular complexity index is 864. The zero-order valence-corrected chi connectivity index (χ0v) is 16.7. The minimum atomic E-state index is -4.46. The predicted octanol–water partition coefficient (Wildman–Crippen LogP) is 4.40. The van der Waals surface area contributed by atoms with Gasteiger partial charge in [-0.05, 0) is 24.8 Å². The fourth-order valence-corrected chi connectivity index (χ4v) is 4.46. The van der Waals surface area contributed by atoms with Crippen LogP contribution in [0.2, 0.25) is 0 Å². The van der Waals surface area contributed by atoms with E-state index in [1.165, 1.54) is 35.8 Å². The maximum Gasteiger partial charge on any atom is 0.435 e. The van der Waals surface area contributed by atoms with Gasteiger partial charge in [0.2, 0.25) is 5.95 Å². The molecule has 1 saturated heterocycles. The van der Waals surface area contributed by atoms with Crippen molar-refractivity contribution in [1.29, 1.82) is 0 Å². The number of piperidine rings is 1. The Labute approximate surface area is 169 Å². The van der Waals surface area contributed by atoms with E-state index in [2.05, 4.69) is 15.4 Å². The van der Waals surface area contributed by atoms with Gasteiger partial charge in [-0.1, -0.05) is 6.92 Å². The lowest BCUT2D eigenvalue weighted by atomic mass is 9.94. The number of likely N-dealkylation sites (tertiary alicyclic amines) is 1. The summed E-state index contributed by atoms with van der Waals surface area (Å²) in [6, 6.07) is 3.41. The van der Waals surface area contributed by atoms with Crippen molar-refractivity contribution in [1.82, 2.24) is 19.7 Å². The molecule has 0 saturated carbocycles. The average Bonchev–Trinajstić information content (AvgIpc) is 3.03. The number of hydrogen-bond acceptors (Lipinski definition) is 4. The van der Waals surface area contributed by atoms with Crippen LogP contribution in [0.1, 0.15) is 25.5 Å². The number of aryl methyl sites for hydroxylation is 1. The topological polar surface area (TPSA) is 63.1 Å². The number of rotatable bonds is 4. The minimum absolute atomic E-state index is 0.0750. The molecule has 1 fully saturated rings. The number of pyridine rings is 1. The number of nitrogens with one attached hydrogen (secondary N) is 1. The van der Waals surface area contributed by atoms with Crippen molar-refractivity contribution in [3.8, 4) is 0 Å². The highest BCUT2D eigenvalue weighted by Gasteiger charge is 2.35. The molecule has 2 aromatic heterocycles. The second kappa shape index (κ2) is 8.60. The molecular formula is C18H21F4N5OS. The van der Waals surface area contributed by atoms with Crippen LogP contribution in [0.15, 0.2) is 29.4 Å². The van der Waals surface area contributed by atoms with Gasteiger partial charge in [0.1, 0.15) is 0 Å². The summed E-state index contributed by atoms with van der Waals surface area (Å²) in [7, 11) is 1.50. The largest absolute Gasteiger partial charge is 0.435 e. The van der Waals surface area contributed by atoms with Crippen LogP contribution in [0.4, 0.5) is 28.0 Å². The number of nitrogens with zero attached hydrogens (tertiary/aromatic N) is 4. The monoisotopic (exact) mass is 431 g/mol. The highest BCUT2D eigenvalue weighted by Crippen LogP contribution is 2.36. The first-order chi connectivity index (χ1) is 13.6. The first-order valence-corrected chi connectivity index (χ1v) is 9.97. The molecule has 0 bridgehead atoms. The Kier molecular flexibility index (Phi) is 6.35. The van der Waals surface area contributed by atoms with E-state index in [4.69, 9.17) is 0 Å². The Morgan fingerprint density at radius 1 is 1.31 bits per heavy atom. The molecule has 1 aliphatic heterocycles. The normalized spacial score (nSPS) is 16.7. The highest BCUT2D eigenvalue weighted by atomic mass is 32.2. The van der Waals surface area contributed by atoms with Crippen molar-refractivity contribution >= 4 is 23.5 Å². The third-order valence-electron chi connectivity index (χ3n) is 4.90. The maximum atomic E-state index is 13.1. The first kappa shape index (κ1) is 21.4. The third kappa shape index (κ3) is 5.40. The number of carbonyl (C=O) groups excluding carboxylic acids is 1. The van der Waals surface area contributed by atoms with Crippen LogP contribution in [0.3, 0.4) is 0 Å². The second-order valence-electron chi connectivity index (χ2n) is 6.93. The van der Waals surface area contributed by atoms with E-state index in [9.17, 15) is 22.4 Å². The van der Waals surface area contributed by atoms with E-state index in [1.807, 2.05) is 6.92 Å². The summed E-state index contributed by atoms with van der Waals surface area (Å²) in [6.45, 7) is 3.02. The molecule has 0 aromatic carbocycles. The van der Waals surface area contributed by atoms with Gasteiger partial charge in [-0.15, -0.1) is 11.8 Å². The summed E-state index contributed by atoms with van der Waals surface area (Å²) >= 11 is 1.36. The summed E-state index contributed by atoms with van der Waals surface area (Å²) in [5.74, 6) is -0.414. The van der Waals surface area contributed by atoms with Crippen LogP contribution in [-0.2, 0) is 13.2 Å². The lowest BCUT2D eigenvalue weighted by Gasteiger charge is -2.34. The lowest BCUT2D eigenvalue weighted by molar-refractivity contribution is -0.141. The molecule has 1 N–H and O–H groups in total. The molecule has 6 nitrogen and oxygen atoms in total. The van der Waals surface area contributed by atoms with Gasteiger partial charge in [-0.3, -0.25) is 4.68 Å². The molecule has 0 aliphatic carbocycles. The molecule has 1 atom stereocenters. The van der Waals surface area contributed by atoms with Crippen molar-refractivity contribution in [2.45, 2.75) is 36.2 Å². The molecule has 2 aromatic rings. The molecule has 1 aliphatic rings. The van der Waals surface area contributed by atoms with E-state index >= 15 is 0 Å². The Morgan fingerprint density at radius 2 is 2.00 bits per heavy atom.